The van der Waals surface area contributed by atoms with Gasteiger partial charge < -0.3 is 0 Å². The Morgan fingerprint density at radius 1 is 0.469 bits per heavy atom. The number of nitrogens with zero attached hydrogens (tertiary/aromatic N) is 3. The summed E-state index contributed by atoms with van der Waals surface area (Å²) in [5, 5.41) is 0. The summed E-state index contributed by atoms with van der Waals surface area (Å²) in [5.41, 5.74) is 5.32. The lowest BCUT2D eigenvalue weighted by molar-refractivity contribution is 0.497. The van der Waals surface area contributed by atoms with E-state index in [0.29, 0.717) is 0 Å². The third kappa shape index (κ3) is 4.62. The van der Waals surface area contributed by atoms with Crippen molar-refractivity contribution in [1.29, 1.82) is 0 Å². The van der Waals surface area contributed by atoms with Crippen LogP contribution in [0.3, 0.4) is 0 Å². The van der Waals surface area contributed by atoms with Gasteiger partial charge in [0.2, 0.25) is 0 Å². The van der Waals surface area contributed by atoms with Crippen LogP contribution in [0.15, 0.2) is 78.9 Å². The lowest BCUT2D eigenvalue weighted by Crippen LogP contribution is -2.24. The van der Waals surface area contributed by atoms with E-state index in [1.807, 2.05) is 12.1 Å². The summed E-state index contributed by atoms with van der Waals surface area (Å²) < 4.78 is 0. The summed E-state index contributed by atoms with van der Waals surface area (Å²) in [4.78, 5) is 14.8. The highest BCUT2D eigenvalue weighted by atomic mass is 15.1. The zero-order valence-electron chi connectivity index (χ0n) is 19.8. The van der Waals surface area contributed by atoms with E-state index in [2.05, 4.69) is 108 Å². The van der Waals surface area contributed by atoms with Crippen molar-refractivity contribution in [2.24, 2.45) is 0 Å². The summed E-state index contributed by atoms with van der Waals surface area (Å²) in [5.74, 6) is 2.37. The molecule has 3 heteroatoms. The molecular weight excluding hydrogens is 390 g/mol. The van der Waals surface area contributed by atoms with Gasteiger partial charge in [-0.25, -0.2) is 15.0 Å². The summed E-state index contributed by atoms with van der Waals surface area (Å²) >= 11 is 0. The summed E-state index contributed by atoms with van der Waals surface area (Å²) in [6.07, 6.45) is 0. The Morgan fingerprint density at radius 2 is 0.969 bits per heavy atom. The molecule has 1 heterocycles. The molecule has 0 aliphatic heterocycles. The Kier molecular flexibility index (Phi) is 5.68. The second-order valence-corrected chi connectivity index (χ2v) is 10.3. The van der Waals surface area contributed by atoms with Crippen LogP contribution in [-0.4, -0.2) is 15.0 Å². The molecule has 4 rings (SSSR count). The molecule has 0 atom stereocenters. The molecule has 162 valence electrons. The second kappa shape index (κ2) is 8.31. The average molecular weight is 422 g/mol. The van der Waals surface area contributed by atoms with E-state index >= 15 is 0 Å². The van der Waals surface area contributed by atoms with Crippen molar-refractivity contribution in [3.63, 3.8) is 0 Å². The fourth-order valence-electron chi connectivity index (χ4n) is 3.57. The first-order chi connectivity index (χ1) is 15.1. The molecule has 3 nitrogen and oxygen atoms in total. The van der Waals surface area contributed by atoms with Crippen molar-refractivity contribution in [3.8, 4) is 33.6 Å². The van der Waals surface area contributed by atoms with Crippen molar-refractivity contribution in [2.75, 3.05) is 0 Å². The Balaban J connectivity index is 1.97. The zero-order chi connectivity index (χ0) is 22.9. The van der Waals surface area contributed by atoms with Crippen LogP contribution >= 0.6 is 0 Å². The predicted octanol–water partition coefficient (Wildman–Crippen LogP) is 7.47. The average Bonchev–Trinajstić information content (AvgIpc) is 2.78. The summed E-state index contributed by atoms with van der Waals surface area (Å²) in [7, 11) is 0. The van der Waals surface area contributed by atoms with Crippen molar-refractivity contribution >= 4 is 0 Å². The Hall–Kier alpha value is -3.33. The molecule has 0 N–H and O–H groups in total. The molecule has 0 radical (unpaired) electrons. The van der Waals surface area contributed by atoms with E-state index in [4.69, 9.17) is 15.0 Å². The molecular formula is C29H31N3. The Morgan fingerprint density at radius 3 is 1.47 bits per heavy atom. The molecule has 0 amide bonds. The molecule has 3 aromatic carbocycles. The van der Waals surface area contributed by atoms with Crippen LogP contribution in [0.25, 0.3) is 33.6 Å². The second-order valence-electron chi connectivity index (χ2n) is 10.3. The molecule has 0 saturated heterocycles. The van der Waals surface area contributed by atoms with Crippen LogP contribution in [0, 0.1) is 0 Å². The largest absolute Gasteiger partial charge is 0.217 e. The third-order valence-corrected chi connectivity index (χ3v) is 5.43. The third-order valence-electron chi connectivity index (χ3n) is 5.43. The molecule has 0 unspecified atom stereocenters. The predicted molar refractivity (Wildman–Crippen MR) is 134 cm³/mol. The SMILES string of the molecule is CC(C)(C)c1nc(-c2ccc(-c3ccccc3)cc2-c2ccccc2)nc(C(C)(C)C)n1. The highest BCUT2D eigenvalue weighted by Gasteiger charge is 2.26. The molecule has 0 aliphatic carbocycles. The fourth-order valence-corrected chi connectivity index (χ4v) is 3.57. The van der Waals surface area contributed by atoms with E-state index < -0.39 is 0 Å². The standard InChI is InChI=1S/C29H31N3/c1-28(2,3)26-30-25(31-27(32-26)29(4,5)6)23-18-17-22(20-13-9-7-10-14-20)19-24(23)21-15-11-8-12-16-21/h7-19H,1-6H3. The van der Waals surface area contributed by atoms with Gasteiger partial charge >= 0.3 is 0 Å². The van der Waals surface area contributed by atoms with Crippen LogP contribution in [-0.2, 0) is 10.8 Å². The molecule has 4 aromatic rings. The first-order valence-electron chi connectivity index (χ1n) is 11.2. The minimum absolute atomic E-state index is 0.172. The van der Waals surface area contributed by atoms with Crippen molar-refractivity contribution in [2.45, 2.75) is 52.4 Å². The van der Waals surface area contributed by atoms with Crippen molar-refractivity contribution < 1.29 is 0 Å². The van der Waals surface area contributed by atoms with Gasteiger partial charge in [0.05, 0.1) is 0 Å². The highest BCUT2D eigenvalue weighted by molar-refractivity contribution is 5.85. The number of hydrogen-bond donors (Lipinski definition) is 0. The fraction of sp³-hybridized carbons (Fsp3) is 0.276. The molecule has 1 aromatic heterocycles. The monoisotopic (exact) mass is 421 g/mol. The van der Waals surface area contributed by atoms with Crippen LogP contribution < -0.4 is 0 Å². The molecule has 32 heavy (non-hydrogen) atoms. The van der Waals surface area contributed by atoms with Crippen LogP contribution in [0.1, 0.15) is 53.2 Å². The number of rotatable bonds is 3. The molecule has 0 bridgehead atoms. The van der Waals surface area contributed by atoms with Crippen molar-refractivity contribution in [1.82, 2.24) is 15.0 Å². The first kappa shape index (κ1) is 21.9. The van der Waals surface area contributed by atoms with Gasteiger partial charge in [0.15, 0.2) is 5.82 Å². The van der Waals surface area contributed by atoms with Gasteiger partial charge in [0, 0.05) is 16.4 Å². The minimum Gasteiger partial charge on any atom is -0.217 e. The van der Waals surface area contributed by atoms with Crippen LogP contribution in [0.2, 0.25) is 0 Å². The van der Waals surface area contributed by atoms with Gasteiger partial charge in [0.25, 0.3) is 0 Å². The van der Waals surface area contributed by atoms with Gasteiger partial charge in [-0.05, 0) is 34.4 Å². The molecule has 0 fully saturated rings. The van der Waals surface area contributed by atoms with Gasteiger partial charge in [-0.3, -0.25) is 0 Å². The minimum atomic E-state index is -0.172. The molecule has 0 aliphatic rings. The van der Waals surface area contributed by atoms with E-state index in [9.17, 15) is 0 Å². The van der Waals surface area contributed by atoms with E-state index in [1.165, 1.54) is 11.1 Å². The summed E-state index contributed by atoms with van der Waals surface area (Å²) in [6, 6.07) is 27.5. The van der Waals surface area contributed by atoms with Gasteiger partial charge in [-0.15, -0.1) is 0 Å². The van der Waals surface area contributed by atoms with Gasteiger partial charge in [-0.2, -0.15) is 0 Å². The first-order valence-corrected chi connectivity index (χ1v) is 11.2. The number of aromatic nitrogens is 3. The van der Waals surface area contributed by atoms with Crippen LogP contribution in [0.4, 0.5) is 0 Å². The van der Waals surface area contributed by atoms with E-state index in [0.717, 1.165) is 34.2 Å². The van der Waals surface area contributed by atoms with E-state index in [1.54, 1.807) is 0 Å². The lowest BCUT2D eigenvalue weighted by Gasteiger charge is -2.23. The smallest absolute Gasteiger partial charge is 0.164 e. The highest BCUT2D eigenvalue weighted by Crippen LogP contribution is 2.35. The van der Waals surface area contributed by atoms with Gasteiger partial charge in [0.1, 0.15) is 11.6 Å². The molecule has 0 spiro atoms. The van der Waals surface area contributed by atoms with Crippen LogP contribution in [0.5, 0.6) is 0 Å². The van der Waals surface area contributed by atoms with Gasteiger partial charge in [-0.1, -0.05) is 108 Å². The maximum Gasteiger partial charge on any atom is 0.164 e. The molecule has 0 saturated carbocycles. The summed E-state index contributed by atoms with van der Waals surface area (Å²) in [6.45, 7) is 12.9. The topological polar surface area (TPSA) is 38.7 Å². The van der Waals surface area contributed by atoms with E-state index in [-0.39, 0.29) is 10.8 Å². The van der Waals surface area contributed by atoms with Crippen molar-refractivity contribution in [3.05, 3.63) is 90.5 Å². The maximum absolute atomic E-state index is 4.95. The number of benzene rings is 3. The number of hydrogen-bond acceptors (Lipinski definition) is 3. The Bertz CT molecular complexity index is 1180. The Labute approximate surface area is 191 Å². The zero-order valence-corrected chi connectivity index (χ0v) is 19.8. The normalized spacial score (nSPS) is 12.1. The maximum atomic E-state index is 4.95. The quantitative estimate of drug-likeness (QED) is 0.344. The lowest BCUT2D eigenvalue weighted by atomic mass is 9.91.